The van der Waals surface area contributed by atoms with E-state index < -0.39 is 0 Å². The lowest BCUT2D eigenvalue weighted by Crippen LogP contribution is -2.38. The summed E-state index contributed by atoms with van der Waals surface area (Å²) in [5.41, 5.74) is 4.20. The quantitative estimate of drug-likeness (QED) is 0.584. The van der Waals surface area contributed by atoms with Crippen molar-refractivity contribution in [2.45, 2.75) is 25.7 Å². The van der Waals surface area contributed by atoms with Crippen molar-refractivity contribution in [3.05, 3.63) is 75.9 Å². The van der Waals surface area contributed by atoms with Crippen LogP contribution in [0.15, 0.2) is 53.5 Å². The number of para-hydroxylation sites is 1. The van der Waals surface area contributed by atoms with Crippen LogP contribution < -0.4 is 15.0 Å². The van der Waals surface area contributed by atoms with E-state index in [1.807, 2.05) is 24.3 Å². The van der Waals surface area contributed by atoms with Crippen LogP contribution in [0, 0.1) is 5.82 Å². The van der Waals surface area contributed by atoms with Crippen molar-refractivity contribution in [2.24, 2.45) is 4.99 Å². The Hall–Kier alpha value is -3.52. The maximum atomic E-state index is 13.2. The molecule has 1 aliphatic carbocycles. The lowest BCUT2D eigenvalue weighted by atomic mass is 9.91. The van der Waals surface area contributed by atoms with Crippen molar-refractivity contribution >= 4 is 39.6 Å². The number of aliphatic imine (C=N–C) groups is 1. The van der Waals surface area contributed by atoms with Crippen molar-refractivity contribution in [1.29, 1.82) is 0 Å². The second-order valence-electron chi connectivity index (χ2n) is 8.29. The Labute approximate surface area is 201 Å². The third-order valence-electron chi connectivity index (χ3n) is 6.10. The van der Waals surface area contributed by atoms with Gasteiger partial charge in [0.2, 0.25) is 11.8 Å². The lowest BCUT2D eigenvalue weighted by molar-refractivity contribution is -0.120. The number of anilines is 2. The molecule has 8 heteroatoms. The first-order valence-electron chi connectivity index (χ1n) is 11.2. The minimum Gasteiger partial charge on any atom is -0.496 e. The summed E-state index contributed by atoms with van der Waals surface area (Å²) in [5, 5.41) is 3.52. The summed E-state index contributed by atoms with van der Waals surface area (Å²) < 4.78 is 18.8. The van der Waals surface area contributed by atoms with Crippen LogP contribution in [-0.2, 0) is 22.4 Å². The number of benzene rings is 2. The molecule has 6 nitrogen and oxygen atoms in total. The number of fused-ring (bicyclic) bond motifs is 3. The van der Waals surface area contributed by atoms with E-state index in [-0.39, 0.29) is 30.7 Å². The number of aryl methyl sites for hydroxylation is 1. The number of rotatable bonds is 5. The number of thiophene rings is 1. The molecule has 2 amide bonds. The van der Waals surface area contributed by atoms with Gasteiger partial charge in [0.25, 0.3) is 0 Å². The van der Waals surface area contributed by atoms with Gasteiger partial charge in [-0.3, -0.25) is 19.5 Å². The molecule has 2 aliphatic rings. The zero-order valence-electron chi connectivity index (χ0n) is 18.8. The highest BCUT2D eigenvalue weighted by molar-refractivity contribution is 7.17. The first-order valence-corrected chi connectivity index (χ1v) is 12.1. The molecular weight excluding hydrogens is 453 g/mol. The van der Waals surface area contributed by atoms with Crippen molar-refractivity contribution in [3.63, 3.8) is 0 Å². The van der Waals surface area contributed by atoms with Gasteiger partial charge in [0.05, 0.1) is 12.8 Å². The number of nitrogens with one attached hydrogen (secondary N) is 1. The molecule has 2 heterocycles. The summed E-state index contributed by atoms with van der Waals surface area (Å²) in [5.74, 6) is -0.273. The molecule has 1 N–H and O–H groups in total. The molecule has 0 saturated heterocycles. The lowest BCUT2D eigenvalue weighted by Gasteiger charge is -2.20. The predicted octanol–water partition coefficient (Wildman–Crippen LogP) is 4.60. The second kappa shape index (κ2) is 9.38. The van der Waals surface area contributed by atoms with E-state index in [4.69, 9.17) is 9.73 Å². The van der Waals surface area contributed by atoms with E-state index in [0.717, 1.165) is 47.5 Å². The van der Waals surface area contributed by atoms with Gasteiger partial charge in [-0.15, -0.1) is 11.3 Å². The van der Waals surface area contributed by atoms with E-state index >= 15 is 0 Å². The minimum absolute atomic E-state index is 0.0621. The molecule has 5 rings (SSSR count). The second-order valence-corrected chi connectivity index (χ2v) is 9.37. The van der Waals surface area contributed by atoms with Crippen LogP contribution in [0.4, 0.5) is 15.1 Å². The number of methoxy groups -OCH3 is 1. The molecule has 1 aliphatic heterocycles. The molecule has 3 aromatic rings. The van der Waals surface area contributed by atoms with Gasteiger partial charge in [-0.2, -0.15) is 0 Å². The fourth-order valence-corrected chi connectivity index (χ4v) is 5.91. The Morgan fingerprint density at radius 2 is 1.91 bits per heavy atom. The Bertz CT molecular complexity index is 1280. The molecule has 1 aromatic heterocycles. The largest absolute Gasteiger partial charge is 0.496 e. The first kappa shape index (κ1) is 22.3. The van der Waals surface area contributed by atoms with Gasteiger partial charge < -0.3 is 10.1 Å². The number of carbonyl (C=O) groups is 2. The standard InChI is InChI=1S/C26H24FN3O3S/c1-33-20-8-4-2-6-18(20)25-24-19-7-3-5-9-21(19)34-26(24)30(23(32)14-28-25)15-22(31)29-17-12-10-16(27)11-13-17/h2,4,6,8,10-13H,3,5,7,9,14-15H2,1H3,(H,29,31). The first-order chi connectivity index (χ1) is 16.5. The minimum atomic E-state index is -0.379. The van der Waals surface area contributed by atoms with Crippen LogP contribution in [0.25, 0.3) is 0 Å². The highest BCUT2D eigenvalue weighted by Crippen LogP contribution is 2.43. The van der Waals surface area contributed by atoms with Crippen molar-refractivity contribution in [2.75, 3.05) is 30.4 Å². The third kappa shape index (κ3) is 4.21. The van der Waals surface area contributed by atoms with Crippen LogP contribution in [0.3, 0.4) is 0 Å². The molecule has 0 atom stereocenters. The van der Waals surface area contributed by atoms with Crippen LogP contribution >= 0.6 is 11.3 Å². The van der Waals surface area contributed by atoms with Gasteiger partial charge >= 0.3 is 0 Å². The highest BCUT2D eigenvalue weighted by Gasteiger charge is 2.34. The van der Waals surface area contributed by atoms with Crippen LogP contribution in [0.2, 0.25) is 0 Å². The Morgan fingerprint density at radius 1 is 1.15 bits per heavy atom. The van der Waals surface area contributed by atoms with Crippen LogP contribution in [0.5, 0.6) is 5.75 Å². The zero-order valence-corrected chi connectivity index (χ0v) is 19.6. The summed E-state index contributed by atoms with van der Waals surface area (Å²) in [4.78, 5) is 33.6. The molecule has 34 heavy (non-hydrogen) atoms. The normalized spacial score (nSPS) is 15.2. The maximum Gasteiger partial charge on any atom is 0.249 e. The predicted molar refractivity (Wildman–Crippen MR) is 132 cm³/mol. The molecule has 0 fully saturated rings. The number of hydrogen-bond donors (Lipinski definition) is 1. The summed E-state index contributed by atoms with van der Waals surface area (Å²) in [6.45, 7) is -0.204. The number of halogens is 1. The smallest absolute Gasteiger partial charge is 0.249 e. The summed E-state index contributed by atoms with van der Waals surface area (Å²) in [7, 11) is 1.62. The molecular formula is C26H24FN3O3S. The zero-order chi connectivity index (χ0) is 23.7. The number of nitrogens with zero attached hydrogens (tertiary/aromatic N) is 2. The van der Waals surface area contributed by atoms with Crippen LogP contribution in [-0.4, -0.2) is 37.7 Å². The van der Waals surface area contributed by atoms with Crippen molar-refractivity contribution in [1.82, 2.24) is 0 Å². The van der Waals surface area contributed by atoms with Gasteiger partial charge in [-0.25, -0.2) is 4.39 Å². The molecule has 0 saturated carbocycles. The van der Waals surface area contributed by atoms with Crippen molar-refractivity contribution in [3.8, 4) is 5.75 Å². The van der Waals surface area contributed by atoms with E-state index in [1.54, 1.807) is 23.3 Å². The van der Waals surface area contributed by atoms with E-state index in [0.29, 0.717) is 11.4 Å². The number of amides is 2. The maximum absolute atomic E-state index is 13.2. The fraction of sp³-hybridized carbons (Fsp3) is 0.269. The Balaban J connectivity index is 1.54. The average molecular weight is 478 g/mol. The molecule has 0 spiro atoms. The SMILES string of the molecule is COc1ccccc1C1=NCC(=O)N(CC(=O)Nc2ccc(F)cc2)c2sc3c(c21)CCCC3. The van der Waals surface area contributed by atoms with Gasteiger partial charge in [0.1, 0.15) is 29.7 Å². The monoisotopic (exact) mass is 477 g/mol. The molecule has 0 bridgehead atoms. The topological polar surface area (TPSA) is 71.0 Å². The van der Waals surface area contributed by atoms with E-state index in [2.05, 4.69) is 5.32 Å². The average Bonchev–Trinajstić information content (AvgIpc) is 3.17. The number of hydrogen-bond acceptors (Lipinski definition) is 5. The molecule has 0 radical (unpaired) electrons. The molecule has 2 aromatic carbocycles. The van der Waals surface area contributed by atoms with Gasteiger partial charge in [-0.05, 0) is 67.6 Å². The Kier molecular flexibility index (Phi) is 6.15. The Morgan fingerprint density at radius 3 is 2.71 bits per heavy atom. The van der Waals surface area contributed by atoms with E-state index in [9.17, 15) is 14.0 Å². The third-order valence-corrected chi connectivity index (χ3v) is 7.41. The van der Waals surface area contributed by atoms with E-state index in [1.165, 1.54) is 34.7 Å². The summed E-state index contributed by atoms with van der Waals surface area (Å²) in [6.07, 6.45) is 4.05. The van der Waals surface area contributed by atoms with Crippen LogP contribution in [0.1, 0.15) is 34.4 Å². The molecule has 174 valence electrons. The number of carbonyl (C=O) groups excluding carboxylic acids is 2. The van der Waals surface area contributed by atoms with Gasteiger partial charge in [-0.1, -0.05) is 12.1 Å². The fourth-order valence-electron chi connectivity index (χ4n) is 4.51. The van der Waals surface area contributed by atoms with Crippen molar-refractivity contribution < 1.29 is 18.7 Å². The summed E-state index contributed by atoms with van der Waals surface area (Å²) in [6, 6.07) is 13.2. The van der Waals surface area contributed by atoms with Gasteiger partial charge in [0, 0.05) is 21.7 Å². The number of ether oxygens (including phenoxy) is 1. The van der Waals surface area contributed by atoms with Gasteiger partial charge in [0.15, 0.2) is 0 Å². The molecule has 0 unspecified atom stereocenters. The highest BCUT2D eigenvalue weighted by atomic mass is 32.1. The summed E-state index contributed by atoms with van der Waals surface area (Å²) >= 11 is 1.58.